The highest BCUT2D eigenvalue weighted by Gasteiger charge is 2.20. The van der Waals surface area contributed by atoms with Crippen LogP contribution in [0, 0.1) is 5.92 Å². The minimum Gasteiger partial charge on any atom is -0.381 e. The van der Waals surface area contributed by atoms with Crippen molar-refractivity contribution in [1.29, 1.82) is 0 Å². The SMILES string of the molecule is CN=C(NCCCOCC1CCOC1)NC1CCN(c2ccccc2)CC1.I. The van der Waals surface area contributed by atoms with Gasteiger partial charge in [0.2, 0.25) is 0 Å². The van der Waals surface area contributed by atoms with Gasteiger partial charge in [0.15, 0.2) is 5.96 Å². The molecule has 0 aromatic heterocycles. The molecule has 0 saturated carbocycles. The van der Waals surface area contributed by atoms with E-state index in [9.17, 15) is 0 Å². The number of aliphatic imine (C=N–C) groups is 1. The fourth-order valence-electron chi connectivity index (χ4n) is 3.65. The summed E-state index contributed by atoms with van der Waals surface area (Å²) in [5.41, 5.74) is 1.32. The Labute approximate surface area is 186 Å². The van der Waals surface area contributed by atoms with Gasteiger partial charge in [-0.15, -0.1) is 24.0 Å². The van der Waals surface area contributed by atoms with Crippen LogP contribution < -0.4 is 15.5 Å². The number of ether oxygens (including phenoxy) is 2. The molecular formula is C21H35IN4O2. The van der Waals surface area contributed by atoms with E-state index in [4.69, 9.17) is 9.47 Å². The van der Waals surface area contributed by atoms with Gasteiger partial charge >= 0.3 is 0 Å². The summed E-state index contributed by atoms with van der Waals surface area (Å²) in [6.45, 7) is 6.40. The first kappa shape index (κ1) is 23.2. The Morgan fingerprint density at radius 3 is 2.68 bits per heavy atom. The number of para-hydroxylation sites is 1. The number of hydrogen-bond acceptors (Lipinski definition) is 4. The molecule has 2 fully saturated rings. The van der Waals surface area contributed by atoms with Crippen molar-refractivity contribution < 1.29 is 9.47 Å². The van der Waals surface area contributed by atoms with E-state index >= 15 is 0 Å². The van der Waals surface area contributed by atoms with Crippen LogP contribution in [0.4, 0.5) is 5.69 Å². The maximum Gasteiger partial charge on any atom is 0.191 e. The van der Waals surface area contributed by atoms with E-state index < -0.39 is 0 Å². The van der Waals surface area contributed by atoms with Crippen LogP contribution in [-0.2, 0) is 9.47 Å². The Morgan fingerprint density at radius 1 is 1.21 bits per heavy atom. The molecule has 1 aromatic rings. The lowest BCUT2D eigenvalue weighted by Crippen LogP contribution is -2.49. The van der Waals surface area contributed by atoms with E-state index in [0.29, 0.717) is 12.0 Å². The van der Waals surface area contributed by atoms with Gasteiger partial charge in [0, 0.05) is 57.5 Å². The largest absolute Gasteiger partial charge is 0.381 e. The zero-order chi connectivity index (χ0) is 18.7. The standard InChI is InChI=1S/C21H34N4O2.HI/c1-22-21(23-11-5-14-26-16-18-10-15-27-17-18)24-19-8-12-25(13-9-19)20-6-3-2-4-7-20;/h2-4,6-7,18-19H,5,8-17H2,1H3,(H2,22,23,24);1H. The number of benzene rings is 1. The Morgan fingerprint density at radius 2 is 2.00 bits per heavy atom. The molecule has 6 nitrogen and oxygen atoms in total. The molecule has 1 aromatic carbocycles. The monoisotopic (exact) mass is 502 g/mol. The van der Waals surface area contributed by atoms with E-state index in [1.165, 1.54) is 5.69 Å². The number of rotatable bonds is 8. The van der Waals surface area contributed by atoms with E-state index in [0.717, 1.165) is 77.7 Å². The highest BCUT2D eigenvalue weighted by Crippen LogP contribution is 2.19. The minimum absolute atomic E-state index is 0. The summed E-state index contributed by atoms with van der Waals surface area (Å²) < 4.78 is 11.1. The van der Waals surface area contributed by atoms with Crippen molar-refractivity contribution in [3.63, 3.8) is 0 Å². The molecule has 0 amide bonds. The van der Waals surface area contributed by atoms with Crippen LogP contribution in [0.1, 0.15) is 25.7 Å². The van der Waals surface area contributed by atoms with E-state index in [-0.39, 0.29) is 24.0 Å². The van der Waals surface area contributed by atoms with Gasteiger partial charge in [-0.05, 0) is 37.8 Å². The third-order valence-corrected chi connectivity index (χ3v) is 5.32. The number of anilines is 1. The Balaban J connectivity index is 0.00000280. The van der Waals surface area contributed by atoms with Crippen molar-refractivity contribution in [2.45, 2.75) is 31.7 Å². The highest BCUT2D eigenvalue weighted by molar-refractivity contribution is 14.0. The molecule has 0 aliphatic carbocycles. The summed E-state index contributed by atoms with van der Waals surface area (Å²) in [5, 5.41) is 6.98. The normalized spacial score (nSPS) is 20.7. The zero-order valence-electron chi connectivity index (χ0n) is 16.9. The molecule has 2 N–H and O–H groups in total. The molecule has 2 aliphatic heterocycles. The van der Waals surface area contributed by atoms with Gasteiger partial charge < -0.3 is 25.0 Å². The van der Waals surface area contributed by atoms with Crippen molar-refractivity contribution in [3.05, 3.63) is 30.3 Å². The molecular weight excluding hydrogens is 467 g/mol. The first-order valence-corrected chi connectivity index (χ1v) is 10.3. The fraction of sp³-hybridized carbons (Fsp3) is 0.667. The third-order valence-electron chi connectivity index (χ3n) is 5.32. The molecule has 2 saturated heterocycles. The molecule has 3 rings (SSSR count). The van der Waals surface area contributed by atoms with Crippen LogP contribution in [-0.4, -0.2) is 65.1 Å². The zero-order valence-corrected chi connectivity index (χ0v) is 19.3. The predicted octanol–water partition coefficient (Wildman–Crippen LogP) is 2.88. The average Bonchev–Trinajstić information content (AvgIpc) is 3.24. The molecule has 2 heterocycles. The Hall–Kier alpha value is -1.06. The molecule has 1 unspecified atom stereocenters. The van der Waals surface area contributed by atoms with Gasteiger partial charge in [-0.2, -0.15) is 0 Å². The van der Waals surface area contributed by atoms with E-state index in [1.54, 1.807) is 0 Å². The molecule has 0 radical (unpaired) electrons. The van der Waals surface area contributed by atoms with Gasteiger partial charge in [0.25, 0.3) is 0 Å². The fourth-order valence-corrected chi connectivity index (χ4v) is 3.65. The maximum absolute atomic E-state index is 5.75. The van der Waals surface area contributed by atoms with Crippen LogP contribution in [0.25, 0.3) is 0 Å². The molecule has 0 bridgehead atoms. The number of hydrogen-bond donors (Lipinski definition) is 2. The topological polar surface area (TPSA) is 58.1 Å². The highest BCUT2D eigenvalue weighted by atomic mass is 127. The molecule has 1 atom stereocenters. The van der Waals surface area contributed by atoms with Gasteiger partial charge in [-0.25, -0.2) is 0 Å². The second-order valence-electron chi connectivity index (χ2n) is 7.40. The summed E-state index contributed by atoms with van der Waals surface area (Å²) in [5.74, 6) is 1.49. The van der Waals surface area contributed by atoms with Gasteiger partial charge in [-0.3, -0.25) is 4.99 Å². The van der Waals surface area contributed by atoms with Crippen molar-refractivity contribution >= 4 is 35.6 Å². The van der Waals surface area contributed by atoms with Crippen molar-refractivity contribution in [3.8, 4) is 0 Å². The number of halogens is 1. The molecule has 0 spiro atoms. The van der Waals surface area contributed by atoms with Crippen molar-refractivity contribution in [2.24, 2.45) is 10.9 Å². The number of piperidine rings is 1. The summed E-state index contributed by atoms with van der Waals surface area (Å²) >= 11 is 0. The maximum atomic E-state index is 5.75. The number of nitrogens with one attached hydrogen (secondary N) is 2. The van der Waals surface area contributed by atoms with Crippen LogP contribution in [0.15, 0.2) is 35.3 Å². The van der Waals surface area contributed by atoms with Crippen molar-refractivity contribution in [2.75, 3.05) is 58.0 Å². The molecule has 158 valence electrons. The van der Waals surface area contributed by atoms with Gasteiger partial charge in [0.05, 0.1) is 13.2 Å². The van der Waals surface area contributed by atoms with Gasteiger partial charge in [-0.1, -0.05) is 18.2 Å². The van der Waals surface area contributed by atoms with Gasteiger partial charge in [0.1, 0.15) is 0 Å². The smallest absolute Gasteiger partial charge is 0.191 e. The van der Waals surface area contributed by atoms with Crippen LogP contribution >= 0.6 is 24.0 Å². The van der Waals surface area contributed by atoms with Crippen molar-refractivity contribution in [1.82, 2.24) is 10.6 Å². The lowest BCUT2D eigenvalue weighted by molar-refractivity contribution is 0.0888. The summed E-state index contributed by atoms with van der Waals surface area (Å²) in [4.78, 5) is 6.82. The third kappa shape index (κ3) is 7.75. The van der Waals surface area contributed by atoms with Crippen LogP contribution in [0.3, 0.4) is 0 Å². The lowest BCUT2D eigenvalue weighted by Gasteiger charge is -2.34. The molecule has 7 heteroatoms. The number of guanidine groups is 1. The number of nitrogens with zero attached hydrogens (tertiary/aromatic N) is 2. The summed E-state index contributed by atoms with van der Waals surface area (Å²) in [6, 6.07) is 11.1. The Bertz CT molecular complexity index is 559. The lowest BCUT2D eigenvalue weighted by atomic mass is 10.0. The molecule has 2 aliphatic rings. The van der Waals surface area contributed by atoms with E-state index in [2.05, 4.69) is 50.9 Å². The Kier molecular flexibility index (Phi) is 11.0. The summed E-state index contributed by atoms with van der Waals surface area (Å²) in [7, 11) is 1.84. The average molecular weight is 502 g/mol. The second-order valence-corrected chi connectivity index (χ2v) is 7.40. The van der Waals surface area contributed by atoms with Crippen LogP contribution in [0.5, 0.6) is 0 Å². The predicted molar refractivity (Wildman–Crippen MR) is 126 cm³/mol. The quantitative estimate of drug-likeness (QED) is 0.248. The second kappa shape index (κ2) is 13.2. The van der Waals surface area contributed by atoms with Crippen LogP contribution in [0.2, 0.25) is 0 Å². The van der Waals surface area contributed by atoms with E-state index in [1.807, 2.05) is 7.05 Å². The minimum atomic E-state index is 0. The molecule has 28 heavy (non-hydrogen) atoms. The summed E-state index contributed by atoms with van der Waals surface area (Å²) in [6.07, 6.45) is 4.38. The first-order chi connectivity index (χ1) is 13.3. The first-order valence-electron chi connectivity index (χ1n) is 10.3.